The number of nitrogens with one attached hydrogen (secondary N) is 1. The molecule has 0 atom stereocenters. The molecule has 170 valence electrons. The number of aromatic amines is 1. The average Bonchev–Trinajstić information content (AvgIpc) is 3.56. The Hall–Kier alpha value is -4.56. The van der Waals surface area contributed by atoms with Crippen LogP contribution in [0.5, 0.6) is 5.75 Å². The van der Waals surface area contributed by atoms with E-state index in [1.165, 1.54) is 0 Å². The molecule has 0 aliphatic rings. The first-order valence-electron chi connectivity index (χ1n) is 10.8. The van der Waals surface area contributed by atoms with Gasteiger partial charge < -0.3 is 9.15 Å². The Morgan fingerprint density at radius 2 is 1.77 bits per heavy atom. The molecule has 0 unspecified atom stereocenters. The summed E-state index contributed by atoms with van der Waals surface area (Å²) in [5.74, 6) is 1.50. The first kappa shape index (κ1) is 21.0. The Balaban J connectivity index is 1.11. The lowest BCUT2D eigenvalue weighted by atomic mass is 10.1. The van der Waals surface area contributed by atoms with Crippen molar-refractivity contribution in [3.05, 3.63) is 94.6 Å². The third-order valence-electron chi connectivity index (χ3n) is 5.41. The van der Waals surface area contributed by atoms with E-state index in [9.17, 15) is 0 Å². The Bertz CT molecular complexity index is 1660. The third kappa shape index (κ3) is 4.60. The Kier molecular flexibility index (Phi) is 5.40. The third-order valence-corrected chi connectivity index (χ3v) is 5.64. The largest absolute Gasteiger partial charge is 0.489 e. The van der Waals surface area contributed by atoms with Gasteiger partial charge in [-0.15, -0.1) is 5.10 Å². The molecular weight excluding hydrogens is 464 g/mol. The molecule has 0 aliphatic carbocycles. The molecule has 0 saturated heterocycles. The van der Waals surface area contributed by atoms with Crippen LogP contribution in [0, 0.1) is 0 Å². The van der Waals surface area contributed by atoms with Gasteiger partial charge >= 0.3 is 0 Å². The molecule has 1 N–H and O–H groups in total. The molecule has 0 fully saturated rings. The minimum atomic E-state index is 0.342. The highest BCUT2D eigenvalue weighted by Gasteiger charge is 2.12. The van der Waals surface area contributed by atoms with E-state index in [2.05, 4.69) is 30.6 Å². The zero-order valence-corrected chi connectivity index (χ0v) is 19.0. The lowest BCUT2D eigenvalue weighted by molar-refractivity contribution is 0.306. The zero-order valence-electron chi connectivity index (χ0n) is 18.2. The van der Waals surface area contributed by atoms with E-state index in [1.54, 1.807) is 0 Å². The van der Waals surface area contributed by atoms with E-state index in [0.29, 0.717) is 28.9 Å². The lowest BCUT2D eigenvalue weighted by Gasteiger charge is -2.06. The highest BCUT2D eigenvalue weighted by atomic mass is 35.5. The summed E-state index contributed by atoms with van der Waals surface area (Å²) in [6.45, 7) is 0.397. The van der Waals surface area contributed by atoms with Gasteiger partial charge in [-0.25, -0.2) is 15.1 Å². The van der Waals surface area contributed by atoms with Crippen molar-refractivity contribution in [3.63, 3.8) is 0 Å². The average molecular weight is 481 g/mol. The van der Waals surface area contributed by atoms with E-state index in [-0.39, 0.29) is 0 Å². The summed E-state index contributed by atoms with van der Waals surface area (Å²) in [5.41, 5.74) is 5.11. The fourth-order valence-electron chi connectivity index (χ4n) is 3.63. The number of halogens is 1. The van der Waals surface area contributed by atoms with Crippen LogP contribution in [0.3, 0.4) is 0 Å². The van der Waals surface area contributed by atoms with Crippen molar-refractivity contribution in [2.45, 2.75) is 6.61 Å². The Morgan fingerprint density at radius 3 is 2.63 bits per heavy atom. The lowest BCUT2D eigenvalue weighted by Crippen LogP contribution is -1.95. The van der Waals surface area contributed by atoms with Crippen molar-refractivity contribution in [3.8, 4) is 17.5 Å². The summed E-state index contributed by atoms with van der Waals surface area (Å²) >= 11 is 6.08. The molecule has 6 rings (SSSR count). The molecule has 8 nitrogen and oxygen atoms in total. The van der Waals surface area contributed by atoms with Gasteiger partial charge in [-0.3, -0.25) is 0 Å². The smallest absolute Gasteiger partial charge is 0.267 e. The summed E-state index contributed by atoms with van der Waals surface area (Å²) in [6.07, 6.45) is 3.99. The summed E-state index contributed by atoms with van der Waals surface area (Å²) in [6, 6.07) is 23.3. The minimum Gasteiger partial charge on any atom is -0.489 e. The van der Waals surface area contributed by atoms with Crippen molar-refractivity contribution in [1.29, 1.82) is 0 Å². The van der Waals surface area contributed by atoms with Crippen LogP contribution in [-0.2, 0) is 6.61 Å². The highest BCUT2D eigenvalue weighted by Crippen LogP contribution is 2.23. The van der Waals surface area contributed by atoms with E-state index >= 15 is 0 Å². The van der Waals surface area contributed by atoms with E-state index in [1.807, 2.05) is 84.9 Å². The molecule has 3 aromatic heterocycles. The molecule has 9 heteroatoms. The summed E-state index contributed by atoms with van der Waals surface area (Å²) < 4.78 is 11.7. The molecule has 0 amide bonds. The van der Waals surface area contributed by atoms with Gasteiger partial charge in [0.25, 0.3) is 5.89 Å². The van der Waals surface area contributed by atoms with Gasteiger partial charge in [0, 0.05) is 10.4 Å². The maximum Gasteiger partial charge on any atom is 0.267 e. The normalized spacial score (nSPS) is 11.6. The molecule has 0 radical (unpaired) electrons. The number of H-pyrrole nitrogens is 1. The molecule has 0 bridgehead atoms. The van der Waals surface area contributed by atoms with Crippen LogP contribution in [0.2, 0.25) is 5.02 Å². The maximum atomic E-state index is 6.08. The second-order valence-electron chi connectivity index (χ2n) is 7.84. The first-order chi connectivity index (χ1) is 17.2. The van der Waals surface area contributed by atoms with Gasteiger partial charge in [0.05, 0.1) is 11.2 Å². The molecule has 6 aromatic rings. The van der Waals surface area contributed by atoms with Crippen molar-refractivity contribution in [1.82, 2.24) is 30.6 Å². The fraction of sp³-hybridized carbons (Fsp3) is 0.0385. The van der Waals surface area contributed by atoms with Crippen LogP contribution in [0.4, 0.5) is 0 Å². The van der Waals surface area contributed by atoms with Crippen LogP contribution in [0.25, 0.3) is 45.9 Å². The van der Waals surface area contributed by atoms with Crippen LogP contribution in [-0.4, -0.2) is 30.6 Å². The number of fused-ring (bicyclic) bond motifs is 2. The van der Waals surface area contributed by atoms with Crippen molar-refractivity contribution in [2.24, 2.45) is 0 Å². The molecule has 3 heterocycles. The Labute approximate surface area is 204 Å². The number of pyridine rings is 1. The zero-order chi connectivity index (χ0) is 23.6. The fourth-order valence-corrected chi connectivity index (χ4v) is 3.80. The number of hydrogen-bond donors (Lipinski definition) is 1. The molecule has 3 aromatic carbocycles. The van der Waals surface area contributed by atoms with Crippen LogP contribution >= 0.6 is 11.6 Å². The summed E-state index contributed by atoms with van der Waals surface area (Å²) in [5, 5.41) is 15.3. The van der Waals surface area contributed by atoms with Crippen molar-refractivity contribution < 1.29 is 9.15 Å². The summed E-state index contributed by atoms with van der Waals surface area (Å²) in [4.78, 5) is 9.03. The van der Waals surface area contributed by atoms with E-state index in [4.69, 9.17) is 20.8 Å². The van der Waals surface area contributed by atoms with Crippen molar-refractivity contribution >= 4 is 45.8 Å². The van der Waals surface area contributed by atoms with Gasteiger partial charge in [0.1, 0.15) is 17.9 Å². The number of oxazole rings is 1. The monoisotopic (exact) mass is 480 g/mol. The molecule has 35 heavy (non-hydrogen) atoms. The van der Waals surface area contributed by atoms with Gasteiger partial charge in [-0.1, -0.05) is 48.0 Å². The number of aromatic nitrogens is 6. The molecule has 0 spiro atoms. The summed E-state index contributed by atoms with van der Waals surface area (Å²) in [7, 11) is 0. The number of rotatable bonds is 6. The minimum absolute atomic E-state index is 0.342. The number of tetrazole rings is 1. The second-order valence-corrected chi connectivity index (χ2v) is 8.27. The van der Waals surface area contributed by atoms with Crippen LogP contribution < -0.4 is 4.74 Å². The molecule has 0 saturated carbocycles. The predicted octanol–water partition coefficient (Wildman–Crippen LogP) is 5.96. The number of hydrogen-bond acceptors (Lipinski definition) is 7. The second kappa shape index (κ2) is 9.00. The Morgan fingerprint density at radius 1 is 0.886 bits per heavy atom. The SMILES string of the molecule is Clc1ccc2ccc(/C=C/c3ccc(OCc4ccc5nc(-c6nnn[nH]6)oc5c4)cc3)nc2c1. The predicted molar refractivity (Wildman–Crippen MR) is 134 cm³/mol. The van der Waals surface area contributed by atoms with Gasteiger partial charge in [-0.2, -0.15) is 0 Å². The first-order valence-corrected chi connectivity index (χ1v) is 11.2. The van der Waals surface area contributed by atoms with Gasteiger partial charge in [0.2, 0.25) is 5.82 Å². The molecular formula is C26H17ClN6O2. The van der Waals surface area contributed by atoms with Crippen LogP contribution in [0.15, 0.2) is 77.2 Å². The molecule has 0 aliphatic heterocycles. The van der Waals surface area contributed by atoms with Gasteiger partial charge in [0.15, 0.2) is 5.58 Å². The quantitative estimate of drug-likeness (QED) is 0.313. The standard InChI is InChI=1S/C26H17ClN6O2/c27-19-7-5-18-6-9-20(28-23(18)14-19)8-1-16-2-10-21(11-3-16)34-15-17-4-12-22-24(13-17)35-26(29-22)25-30-32-33-31-25/h1-14H,15H2,(H,30,31,32,33)/b8-1+. The van der Waals surface area contributed by atoms with Gasteiger partial charge in [-0.05, 0) is 70.1 Å². The van der Waals surface area contributed by atoms with E-state index in [0.717, 1.165) is 39.0 Å². The van der Waals surface area contributed by atoms with E-state index < -0.39 is 0 Å². The maximum absolute atomic E-state index is 6.08. The highest BCUT2D eigenvalue weighted by molar-refractivity contribution is 6.31. The van der Waals surface area contributed by atoms with Crippen molar-refractivity contribution in [2.75, 3.05) is 0 Å². The van der Waals surface area contributed by atoms with Crippen LogP contribution in [0.1, 0.15) is 16.8 Å². The number of benzene rings is 3. The number of nitrogens with zero attached hydrogens (tertiary/aromatic N) is 5. The topological polar surface area (TPSA) is 103 Å². The number of ether oxygens (including phenoxy) is 1.